The standard InChI is InChI=1S/C18H21N3O3/c1-2-21(12-17(23)13-4-3-5-14(22)10-13)11-15-6-7-18(24-15)16-8-9-19-20-16/h3-10,17,22-23H,2,11-12H2,1H3,(H,19,20). The van der Waals surface area contributed by atoms with E-state index in [-0.39, 0.29) is 5.75 Å². The van der Waals surface area contributed by atoms with Gasteiger partial charge < -0.3 is 14.6 Å². The van der Waals surface area contributed by atoms with Crippen LogP contribution in [0.3, 0.4) is 0 Å². The zero-order valence-corrected chi connectivity index (χ0v) is 13.5. The maximum Gasteiger partial charge on any atom is 0.152 e. The topological polar surface area (TPSA) is 85.5 Å². The second-order valence-corrected chi connectivity index (χ2v) is 5.67. The van der Waals surface area contributed by atoms with Gasteiger partial charge in [0.25, 0.3) is 0 Å². The predicted molar refractivity (Wildman–Crippen MR) is 90.3 cm³/mol. The third kappa shape index (κ3) is 3.84. The van der Waals surface area contributed by atoms with Crippen molar-refractivity contribution in [3.63, 3.8) is 0 Å². The second kappa shape index (κ2) is 7.33. The summed E-state index contributed by atoms with van der Waals surface area (Å²) in [6.45, 7) is 3.87. The summed E-state index contributed by atoms with van der Waals surface area (Å²) in [7, 11) is 0. The fourth-order valence-electron chi connectivity index (χ4n) is 2.61. The third-order valence-corrected chi connectivity index (χ3v) is 3.94. The molecule has 0 saturated carbocycles. The first kappa shape index (κ1) is 16.3. The molecule has 2 aromatic heterocycles. The number of phenolic OH excluding ortho intramolecular Hbond substituents is 1. The Morgan fingerprint density at radius 2 is 2.12 bits per heavy atom. The molecule has 0 aliphatic heterocycles. The van der Waals surface area contributed by atoms with E-state index in [0.717, 1.165) is 23.8 Å². The molecule has 6 nitrogen and oxygen atoms in total. The van der Waals surface area contributed by atoms with Gasteiger partial charge in [0.2, 0.25) is 0 Å². The van der Waals surface area contributed by atoms with Crippen molar-refractivity contribution in [3.8, 4) is 17.2 Å². The fraction of sp³-hybridized carbons (Fsp3) is 0.278. The maximum absolute atomic E-state index is 10.4. The lowest BCUT2D eigenvalue weighted by molar-refractivity contribution is 0.108. The number of aliphatic hydroxyl groups is 1. The van der Waals surface area contributed by atoms with E-state index < -0.39 is 6.10 Å². The highest BCUT2D eigenvalue weighted by Gasteiger charge is 2.15. The van der Waals surface area contributed by atoms with Crippen LogP contribution in [-0.2, 0) is 6.54 Å². The molecule has 0 bridgehead atoms. The second-order valence-electron chi connectivity index (χ2n) is 5.67. The highest BCUT2D eigenvalue weighted by Crippen LogP contribution is 2.22. The van der Waals surface area contributed by atoms with E-state index in [2.05, 4.69) is 15.1 Å². The van der Waals surface area contributed by atoms with Crippen molar-refractivity contribution < 1.29 is 14.6 Å². The first-order chi connectivity index (χ1) is 11.7. The molecule has 3 N–H and O–H groups in total. The van der Waals surface area contributed by atoms with Crippen LogP contribution in [-0.4, -0.2) is 38.4 Å². The molecule has 24 heavy (non-hydrogen) atoms. The van der Waals surface area contributed by atoms with Gasteiger partial charge in [-0.15, -0.1) is 0 Å². The van der Waals surface area contributed by atoms with Gasteiger partial charge in [-0.1, -0.05) is 19.1 Å². The van der Waals surface area contributed by atoms with Crippen molar-refractivity contribution in [2.75, 3.05) is 13.1 Å². The van der Waals surface area contributed by atoms with Crippen molar-refractivity contribution in [2.45, 2.75) is 19.6 Å². The zero-order valence-electron chi connectivity index (χ0n) is 13.5. The van der Waals surface area contributed by atoms with Gasteiger partial charge in [0.15, 0.2) is 5.76 Å². The van der Waals surface area contributed by atoms with E-state index in [1.165, 1.54) is 0 Å². The molecule has 1 unspecified atom stereocenters. The van der Waals surface area contributed by atoms with Gasteiger partial charge in [-0.05, 0) is 42.4 Å². The SMILES string of the molecule is CCN(Cc1ccc(-c2ccn[nH]2)o1)CC(O)c1cccc(O)c1. The molecule has 6 heteroatoms. The summed E-state index contributed by atoms with van der Waals surface area (Å²) in [6, 6.07) is 12.4. The lowest BCUT2D eigenvalue weighted by Crippen LogP contribution is -2.28. The van der Waals surface area contributed by atoms with Crippen LogP contribution >= 0.6 is 0 Å². The first-order valence-electron chi connectivity index (χ1n) is 7.93. The van der Waals surface area contributed by atoms with Crippen molar-refractivity contribution in [1.82, 2.24) is 15.1 Å². The predicted octanol–water partition coefficient (Wildman–Crippen LogP) is 2.93. The van der Waals surface area contributed by atoms with Crippen LogP contribution in [0.5, 0.6) is 5.75 Å². The summed E-state index contributed by atoms with van der Waals surface area (Å²) in [5, 5.41) is 26.7. The van der Waals surface area contributed by atoms with Crippen LogP contribution in [0, 0.1) is 0 Å². The molecule has 126 valence electrons. The number of benzene rings is 1. The number of hydrogen-bond acceptors (Lipinski definition) is 5. The maximum atomic E-state index is 10.4. The summed E-state index contributed by atoms with van der Waals surface area (Å²) >= 11 is 0. The monoisotopic (exact) mass is 327 g/mol. The van der Waals surface area contributed by atoms with Crippen LogP contribution in [0.4, 0.5) is 0 Å². The van der Waals surface area contributed by atoms with E-state index in [1.54, 1.807) is 24.4 Å². The molecule has 0 aliphatic carbocycles. The van der Waals surface area contributed by atoms with Crippen molar-refractivity contribution >= 4 is 0 Å². The summed E-state index contributed by atoms with van der Waals surface area (Å²) in [4.78, 5) is 2.09. The number of aromatic hydroxyl groups is 1. The minimum absolute atomic E-state index is 0.157. The number of phenols is 1. The largest absolute Gasteiger partial charge is 0.508 e. The fourth-order valence-corrected chi connectivity index (χ4v) is 2.61. The first-order valence-corrected chi connectivity index (χ1v) is 7.93. The van der Waals surface area contributed by atoms with Gasteiger partial charge in [0, 0.05) is 12.7 Å². The Bertz CT molecular complexity index is 767. The Morgan fingerprint density at radius 1 is 1.25 bits per heavy atom. The van der Waals surface area contributed by atoms with Crippen LogP contribution in [0.25, 0.3) is 11.5 Å². The Labute approximate surface area is 140 Å². The molecule has 0 radical (unpaired) electrons. The van der Waals surface area contributed by atoms with Crippen molar-refractivity contribution in [2.24, 2.45) is 0 Å². The summed E-state index contributed by atoms with van der Waals surface area (Å²) in [5.74, 6) is 1.72. The van der Waals surface area contributed by atoms with Crippen molar-refractivity contribution in [3.05, 3.63) is 60.0 Å². The van der Waals surface area contributed by atoms with E-state index >= 15 is 0 Å². The molecular weight excluding hydrogens is 306 g/mol. The highest BCUT2D eigenvalue weighted by atomic mass is 16.3. The van der Waals surface area contributed by atoms with Gasteiger partial charge in [-0.2, -0.15) is 5.10 Å². The molecule has 0 saturated heterocycles. The molecule has 0 aliphatic rings. The summed E-state index contributed by atoms with van der Waals surface area (Å²) in [5.41, 5.74) is 1.54. The minimum Gasteiger partial charge on any atom is -0.508 e. The number of aromatic amines is 1. The molecule has 0 spiro atoms. The number of rotatable bonds is 7. The van der Waals surface area contributed by atoms with E-state index in [0.29, 0.717) is 18.7 Å². The lowest BCUT2D eigenvalue weighted by Gasteiger charge is -2.23. The average Bonchev–Trinajstić information content (AvgIpc) is 3.25. The number of aliphatic hydroxyl groups excluding tert-OH is 1. The smallest absolute Gasteiger partial charge is 0.152 e. The van der Waals surface area contributed by atoms with Gasteiger partial charge in [0.1, 0.15) is 17.2 Å². The van der Waals surface area contributed by atoms with Crippen molar-refractivity contribution in [1.29, 1.82) is 0 Å². The molecule has 3 aromatic rings. The average molecular weight is 327 g/mol. The molecule has 2 heterocycles. The van der Waals surface area contributed by atoms with Crippen LogP contribution < -0.4 is 0 Å². The summed E-state index contributed by atoms with van der Waals surface area (Å²) < 4.78 is 5.83. The van der Waals surface area contributed by atoms with E-state index in [9.17, 15) is 10.2 Å². The zero-order chi connectivity index (χ0) is 16.9. The third-order valence-electron chi connectivity index (χ3n) is 3.94. The quantitative estimate of drug-likeness (QED) is 0.621. The van der Waals surface area contributed by atoms with Gasteiger partial charge in [-0.3, -0.25) is 10.00 Å². The molecule has 1 aromatic carbocycles. The Balaban J connectivity index is 1.64. The van der Waals surface area contributed by atoms with Crippen LogP contribution in [0.2, 0.25) is 0 Å². The number of furan rings is 1. The molecule has 3 rings (SSSR count). The minimum atomic E-state index is -0.668. The highest BCUT2D eigenvalue weighted by molar-refractivity contribution is 5.51. The molecular formula is C18H21N3O3. The van der Waals surface area contributed by atoms with E-state index in [4.69, 9.17) is 4.42 Å². The lowest BCUT2D eigenvalue weighted by atomic mass is 10.1. The molecule has 1 atom stereocenters. The number of H-pyrrole nitrogens is 1. The van der Waals surface area contributed by atoms with Crippen LogP contribution in [0.1, 0.15) is 24.4 Å². The van der Waals surface area contributed by atoms with Crippen LogP contribution in [0.15, 0.2) is 53.1 Å². The van der Waals surface area contributed by atoms with E-state index in [1.807, 2.05) is 31.2 Å². The Morgan fingerprint density at radius 3 is 2.83 bits per heavy atom. The number of nitrogens with one attached hydrogen (secondary N) is 1. The summed E-state index contributed by atoms with van der Waals surface area (Å²) in [6.07, 6.45) is 1.01. The number of aromatic nitrogens is 2. The van der Waals surface area contributed by atoms with Gasteiger partial charge >= 0.3 is 0 Å². The molecule has 0 fully saturated rings. The van der Waals surface area contributed by atoms with Gasteiger partial charge in [0.05, 0.1) is 12.6 Å². The van der Waals surface area contributed by atoms with Gasteiger partial charge in [-0.25, -0.2) is 0 Å². The number of nitrogens with zero attached hydrogens (tertiary/aromatic N) is 2. The molecule has 0 amide bonds. The normalized spacial score (nSPS) is 12.6. The number of hydrogen-bond donors (Lipinski definition) is 3. The Hall–Kier alpha value is -2.57. The number of likely N-dealkylation sites (N-methyl/N-ethyl adjacent to an activating group) is 1. The Kier molecular flexibility index (Phi) is 4.98.